The van der Waals surface area contributed by atoms with Crippen molar-refractivity contribution >= 4 is 10.9 Å². The molecule has 3 fully saturated rings. The molecule has 3 aliphatic rings. The zero-order valence-corrected chi connectivity index (χ0v) is 14.7. The van der Waals surface area contributed by atoms with Gasteiger partial charge in [0.15, 0.2) is 0 Å². The van der Waals surface area contributed by atoms with Gasteiger partial charge >= 0.3 is 0 Å². The summed E-state index contributed by atoms with van der Waals surface area (Å²) in [6.07, 6.45) is 5.49. The highest BCUT2D eigenvalue weighted by molar-refractivity contribution is 5.83. The van der Waals surface area contributed by atoms with Gasteiger partial charge in [-0.3, -0.25) is 9.88 Å². The number of hydrogen-bond donors (Lipinski definition) is 2. The number of nitrogens with zero attached hydrogens (tertiary/aromatic N) is 2. The first-order valence-electron chi connectivity index (χ1n) is 9.10. The molecule has 2 bridgehead atoms. The van der Waals surface area contributed by atoms with E-state index in [4.69, 9.17) is 0 Å². The molecule has 2 aromatic rings. The third-order valence-electron chi connectivity index (χ3n) is 6.41. The van der Waals surface area contributed by atoms with Crippen molar-refractivity contribution in [3.63, 3.8) is 0 Å². The lowest BCUT2D eigenvalue weighted by Crippen LogP contribution is -2.58. The summed E-state index contributed by atoms with van der Waals surface area (Å²) in [5.41, 5.74) is 2.77. The first-order valence-corrected chi connectivity index (χ1v) is 9.10. The smallest absolute Gasteiger partial charge is 0.0952 e. The minimum atomic E-state index is -0.545. The van der Waals surface area contributed by atoms with Gasteiger partial charge < -0.3 is 10.2 Å². The normalized spacial score (nSPS) is 32.7. The SMILES string of the molecule is C=C[C@@]1(C)CN2CCC1C[C@H]2[C@H](O)c1ccnc2ccc(CO)cc12. The van der Waals surface area contributed by atoms with Crippen LogP contribution in [0.2, 0.25) is 0 Å². The molecule has 1 aromatic carbocycles. The lowest BCUT2D eigenvalue weighted by molar-refractivity contribution is -0.0759. The van der Waals surface area contributed by atoms with E-state index in [0.717, 1.165) is 41.5 Å². The fraction of sp³-hybridized carbons (Fsp3) is 0.476. The lowest BCUT2D eigenvalue weighted by Gasteiger charge is -2.55. The summed E-state index contributed by atoms with van der Waals surface area (Å²) >= 11 is 0. The van der Waals surface area contributed by atoms with Crippen LogP contribution in [0.25, 0.3) is 10.9 Å². The molecule has 3 saturated heterocycles. The predicted octanol–water partition coefficient (Wildman–Crippen LogP) is 3.05. The van der Waals surface area contributed by atoms with Gasteiger partial charge in [0.05, 0.1) is 18.2 Å². The van der Waals surface area contributed by atoms with Gasteiger partial charge in [-0.25, -0.2) is 0 Å². The number of pyridine rings is 1. The number of fused-ring (bicyclic) bond motifs is 4. The van der Waals surface area contributed by atoms with Crippen molar-refractivity contribution in [1.29, 1.82) is 0 Å². The van der Waals surface area contributed by atoms with Gasteiger partial charge in [-0.15, -0.1) is 6.58 Å². The first-order chi connectivity index (χ1) is 12.1. The molecule has 4 heterocycles. The Morgan fingerprint density at radius 1 is 1.44 bits per heavy atom. The van der Waals surface area contributed by atoms with E-state index in [9.17, 15) is 10.2 Å². The highest BCUT2D eigenvalue weighted by Crippen LogP contribution is 2.48. The van der Waals surface area contributed by atoms with Crippen molar-refractivity contribution in [2.45, 2.75) is 38.5 Å². The van der Waals surface area contributed by atoms with Crippen LogP contribution in [0.3, 0.4) is 0 Å². The maximum absolute atomic E-state index is 11.2. The molecule has 5 rings (SSSR count). The molecule has 0 amide bonds. The van der Waals surface area contributed by atoms with Crippen LogP contribution in [0.5, 0.6) is 0 Å². The number of benzene rings is 1. The van der Waals surface area contributed by atoms with E-state index in [1.807, 2.05) is 24.3 Å². The van der Waals surface area contributed by atoms with E-state index in [1.165, 1.54) is 6.42 Å². The Hall–Kier alpha value is -1.75. The van der Waals surface area contributed by atoms with Crippen LogP contribution in [0.1, 0.15) is 37.0 Å². The number of aromatic nitrogens is 1. The average molecular weight is 338 g/mol. The monoisotopic (exact) mass is 338 g/mol. The topological polar surface area (TPSA) is 56.6 Å². The highest BCUT2D eigenvalue weighted by Gasteiger charge is 2.47. The van der Waals surface area contributed by atoms with Crippen molar-refractivity contribution < 1.29 is 10.2 Å². The maximum Gasteiger partial charge on any atom is 0.0952 e. The zero-order chi connectivity index (χ0) is 17.6. The highest BCUT2D eigenvalue weighted by atomic mass is 16.3. The first kappa shape index (κ1) is 16.7. The van der Waals surface area contributed by atoms with E-state index in [2.05, 4.69) is 29.5 Å². The zero-order valence-electron chi connectivity index (χ0n) is 14.7. The van der Waals surface area contributed by atoms with Crippen LogP contribution in [0, 0.1) is 11.3 Å². The van der Waals surface area contributed by atoms with Gasteiger partial charge in [0, 0.05) is 29.6 Å². The summed E-state index contributed by atoms with van der Waals surface area (Å²) in [6.45, 7) is 8.33. The van der Waals surface area contributed by atoms with E-state index in [-0.39, 0.29) is 18.1 Å². The van der Waals surface area contributed by atoms with Crippen LogP contribution in [0.4, 0.5) is 0 Å². The Morgan fingerprint density at radius 2 is 2.28 bits per heavy atom. The molecule has 5 atom stereocenters. The van der Waals surface area contributed by atoms with E-state index in [1.54, 1.807) is 6.20 Å². The molecule has 25 heavy (non-hydrogen) atoms. The fourth-order valence-corrected chi connectivity index (χ4v) is 4.75. The summed E-state index contributed by atoms with van der Waals surface area (Å²) in [6, 6.07) is 7.80. The summed E-state index contributed by atoms with van der Waals surface area (Å²) in [7, 11) is 0. The number of rotatable bonds is 4. The second kappa shape index (κ2) is 6.20. The van der Waals surface area contributed by atoms with Gasteiger partial charge in [0.2, 0.25) is 0 Å². The van der Waals surface area contributed by atoms with E-state index in [0.29, 0.717) is 5.92 Å². The van der Waals surface area contributed by atoms with E-state index < -0.39 is 6.10 Å². The van der Waals surface area contributed by atoms with Crippen molar-refractivity contribution in [2.75, 3.05) is 13.1 Å². The standard InChI is InChI=1S/C21H26N2O2/c1-3-21(2)13-23-9-7-15(21)11-19(23)20(25)16-6-8-22-18-5-4-14(12-24)10-17(16)18/h3-6,8,10,15,19-20,24-25H,1,7,9,11-13H2,2H3/t15?,19-,20+,21-/m0/s1. The molecule has 0 saturated carbocycles. The van der Waals surface area contributed by atoms with Crippen LogP contribution in [-0.4, -0.2) is 39.2 Å². The van der Waals surface area contributed by atoms with Crippen LogP contribution < -0.4 is 0 Å². The Morgan fingerprint density at radius 3 is 2.96 bits per heavy atom. The van der Waals surface area contributed by atoms with Crippen LogP contribution >= 0.6 is 0 Å². The molecule has 4 nitrogen and oxygen atoms in total. The molecular weight excluding hydrogens is 312 g/mol. The number of piperidine rings is 3. The molecule has 0 spiro atoms. The van der Waals surface area contributed by atoms with Crippen molar-refractivity contribution in [2.24, 2.45) is 11.3 Å². The fourth-order valence-electron chi connectivity index (χ4n) is 4.75. The molecule has 2 N–H and O–H groups in total. The average Bonchev–Trinajstić information content (AvgIpc) is 2.66. The quantitative estimate of drug-likeness (QED) is 0.842. The molecule has 2 unspecified atom stereocenters. The van der Waals surface area contributed by atoms with Crippen molar-refractivity contribution in [3.8, 4) is 0 Å². The molecule has 0 radical (unpaired) electrons. The predicted molar refractivity (Wildman–Crippen MR) is 99.0 cm³/mol. The molecule has 132 valence electrons. The molecule has 4 heteroatoms. The van der Waals surface area contributed by atoms with Crippen LogP contribution in [0.15, 0.2) is 43.1 Å². The molecule has 0 aliphatic carbocycles. The summed E-state index contributed by atoms with van der Waals surface area (Å²) in [5, 5.41) is 21.6. The lowest BCUT2D eigenvalue weighted by atomic mass is 9.65. The third kappa shape index (κ3) is 2.69. The molecule has 3 aliphatic heterocycles. The third-order valence-corrected chi connectivity index (χ3v) is 6.41. The number of aliphatic hydroxyl groups excluding tert-OH is 2. The Labute approximate surface area is 148 Å². The van der Waals surface area contributed by atoms with Gasteiger partial charge in [-0.1, -0.05) is 19.1 Å². The van der Waals surface area contributed by atoms with Gasteiger partial charge in [0.1, 0.15) is 0 Å². The van der Waals surface area contributed by atoms with Gasteiger partial charge in [-0.2, -0.15) is 0 Å². The number of aliphatic hydroxyl groups is 2. The van der Waals surface area contributed by atoms with Gasteiger partial charge in [-0.05, 0) is 54.6 Å². The Kier molecular flexibility index (Phi) is 4.14. The minimum absolute atomic E-state index is 0.00428. The largest absolute Gasteiger partial charge is 0.392 e. The van der Waals surface area contributed by atoms with E-state index >= 15 is 0 Å². The van der Waals surface area contributed by atoms with Crippen molar-refractivity contribution in [1.82, 2.24) is 9.88 Å². The molecule has 1 aromatic heterocycles. The Balaban J connectivity index is 1.69. The maximum atomic E-state index is 11.2. The summed E-state index contributed by atoms with van der Waals surface area (Å²) in [5.74, 6) is 0.579. The summed E-state index contributed by atoms with van der Waals surface area (Å²) in [4.78, 5) is 6.83. The minimum Gasteiger partial charge on any atom is -0.392 e. The summed E-state index contributed by atoms with van der Waals surface area (Å²) < 4.78 is 0. The van der Waals surface area contributed by atoms with Crippen molar-refractivity contribution in [3.05, 3.63) is 54.2 Å². The number of hydrogen-bond acceptors (Lipinski definition) is 4. The van der Waals surface area contributed by atoms with Crippen LogP contribution in [-0.2, 0) is 6.61 Å². The second-order valence-electron chi connectivity index (χ2n) is 7.82. The Bertz CT molecular complexity index is 806. The second-order valence-corrected chi connectivity index (χ2v) is 7.82. The van der Waals surface area contributed by atoms with Gasteiger partial charge in [0.25, 0.3) is 0 Å². The molecular formula is C21H26N2O2.